The van der Waals surface area contributed by atoms with E-state index in [4.69, 9.17) is 4.42 Å². The standard InChI is InChI=1S/C14H19BrN2O3/c1-10(2)13(18)16-6-3-7-17(9-8-16)14(19)11-4-5-12(15)20-11/h4-5,10H,3,6-9H2,1-2H3. The maximum atomic E-state index is 12.3. The quantitative estimate of drug-likeness (QED) is 0.829. The van der Waals surface area contributed by atoms with E-state index in [1.54, 1.807) is 17.0 Å². The molecule has 1 fully saturated rings. The second-order valence-corrected chi connectivity index (χ2v) is 6.01. The van der Waals surface area contributed by atoms with E-state index >= 15 is 0 Å². The number of hydrogen-bond donors (Lipinski definition) is 0. The van der Waals surface area contributed by atoms with Crippen LogP contribution in [-0.2, 0) is 4.79 Å². The van der Waals surface area contributed by atoms with Gasteiger partial charge in [0.15, 0.2) is 10.4 Å². The molecule has 0 radical (unpaired) electrons. The number of nitrogens with zero attached hydrogens (tertiary/aromatic N) is 2. The Labute approximate surface area is 127 Å². The molecule has 6 heteroatoms. The highest BCUT2D eigenvalue weighted by Crippen LogP contribution is 2.17. The monoisotopic (exact) mass is 342 g/mol. The van der Waals surface area contributed by atoms with Crippen molar-refractivity contribution in [2.75, 3.05) is 26.2 Å². The smallest absolute Gasteiger partial charge is 0.289 e. The van der Waals surface area contributed by atoms with Crippen LogP contribution in [0.1, 0.15) is 30.8 Å². The summed E-state index contributed by atoms with van der Waals surface area (Å²) in [7, 11) is 0. The highest BCUT2D eigenvalue weighted by molar-refractivity contribution is 9.10. The highest BCUT2D eigenvalue weighted by Gasteiger charge is 2.25. The maximum absolute atomic E-state index is 12.3. The summed E-state index contributed by atoms with van der Waals surface area (Å²) in [6.45, 7) is 6.30. The minimum absolute atomic E-state index is 0.00159. The Hall–Kier alpha value is -1.30. The first-order valence-corrected chi connectivity index (χ1v) is 7.61. The third-order valence-electron chi connectivity index (χ3n) is 3.37. The number of carbonyl (C=O) groups is 2. The van der Waals surface area contributed by atoms with Crippen LogP contribution in [0, 0.1) is 5.92 Å². The zero-order valence-electron chi connectivity index (χ0n) is 11.8. The fourth-order valence-corrected chi connectivity index (χ4v) is 2.60. The first kappa shape index (κ1) is 15.1. The van der Waals surface area contributed by atoms with Crippen LogP contribution in [0.15, 0.2) is 21.2 Å². The van der Waals surface area contributed by atoms with Gasteiger partial charge in [0.25, 0.3) is 5.91 Å². The van der Waals surface area contributed by atoms with Crippen LogP contribution < -0.4 is 0 Å². The van der Waals surface area contributed by atoms with Crippen molar-refractivity contribution in [3.63, 3.8) is 0 Å². The topological polar surface area (TPSA) is 53.8 Å². The molecule has 0 unspecified atom stereocenters. The van der Waals surface area contributed by atoms with Crippen LogP contribution in [0.4, 0.5) is 0 Å². The van der Waals surface area contributed by atoms with Gasteiger partial charge in [0, 0.05) is 32.1 Å². The minimum Gasteiger partial charge on any atom is -0.444 e. The second-order valence-electron chi connectivity index (χ2n) is 5.23. The van der Waals surface area contributed by atoms with Crippen LogP contribution >= 0.6 is 15.9 Å². The third kappa shape index (κ3) is 3.42. The van der Waals surface area contributed by atoms with Crippen molar-refractivity contribution in [1.82, 2.24) is 9.80 Å². The van der Waals surface area contributed by atoms with Crippen LogP contribution in [0.25, 0.3) is 0 Å². The van der Waals surface area contributed by atoms with E-state index in [1.165, 1.54) is 0 Å². The Morgan fingerprint density at radius 3 is 2.40 bits per heavy atom. The van der Waals surface area contributed by atoms with Gasteiger partial charge in [-0.2, -0.15) is 0 Å². The van der Waals surface area contributed by atoms with Gasteiger partial charge in [-0.25, -0.2) is 0 Å². The summed E-state index contributed by atoms with van der Waals surface area (Å²) in [5, 5.41) is 0. The average Bonchev–Trinajstić information content (AvgIpc) is 2.71. The van der Waals surface area contributed by atoms with Crippen LogP contribution in [-0.4, -0.2) is 47.8 Å². The number of hydrogen-bond acceptors (Lipinski definition) is 3. The zero-order valence-corrected chi connectivity index (χ0v) is 13.4. The largest absolute Gasteiger partial charge is 0.444 e. The molecule has 0 spiro atoms. The SMILES string of the molecule is CC(C)C(=O)N1CCCN(C(=O)c2ccc(Br)o2)CC1. The number of furan rings is 1. The van der Waals surface area contributed by atoms with Crippen molar-refractivity contribution >= 4 is 27.7 Å². The molecule has 0 bridgehead atoms. The van der Waals surface area contributed by atoms with Crippen molar-refractivity contribution in [2.24, 2.45) is 5.92 Å². The van der Waals surface area contributed by atoms with E-state index in [9.17, 15) is 9.59 Å². The van der Waals surface area contributed by atoms with Gasteiger partial charge in [0.05, 0.1) is 0 Å². The molecular formula is C14H19BrN2O3. The highest BCUT2D eigenvalue weighted by atomic mass is 79.9. The summed E-state index contributed by atoms with van der Waals surface area (Å²) in [6.07, 6.45) is 0.798. The Balaban J connectivity index is 1.99. The molecule has 20 heavy (non-hydrogen) atoms. The van der Waals surface area contributed by atoms with E-state index in [2.05, 4.69) is 15.9 Å². The van der Waals surface area contributed by atoms with Gasteiger partial charge >= 0.3 is 0 Å². The fourth-order valence-electron chi connectivity index (χ4n) is 2.29. The number of halogens is 1. The molecule has 1 saturated heterocycles. The van der Waals surface area contributed by atoms with E-state index < -0.39 is 0 Å². The lowest BCUT2D eigenvalue weighted by Gasteiger charge is -2.23. The van der Waals surface area contributed by atoms with Crippen molar-refractivity contribution in [3.05, 3.63) is 22.6 Å². The van der Waals surface area contributed by atoms with Crippen molar-refractivity contribution < 1.29 is 14.0 Å². The molecule has 0 aromatic carbocycles. The molecular weight excluding hydrogens is 324 g/mol. The first-order valence-electron chi connectivity index (χ1n) is 6.82. The summed E-state index contributed by atoms with van der Waals surface area (Å²) in [5.41, 5.74) is 0. The summed E-state index contributed by atoms with van der Waals surface area (Å²) in [6, 6.07) is 3.37. The molecule has 2 rings (SSSR count). The summed E-state index contributed by atoms with van der Waals surface area (Å²) in [4.78, 5) is 27.9. The summed E-state index contributed by atoms with van der Waals surface area (Å²) < 4.78 is 5.85. The number of carbonyl (C=O) groups excluding carboxylic acids is 2. The van der Waals surface area contributed by atoms with E-state index in [1.807, 2.05) is 18.7 Å². The predicted octanol–water partition coefficient (Wildman–Crippen LogP) is 2.37. The van der Waals surface area contributed by atoms with Gasteiger partial charge < -0.3 is 14.2 Å². The molecule has 0 aliphatic carbocycles. The normalized spacial score (nSPS) is 16.4. The fraction of sp³-hybridized carbons (Fsp3) is 0.571. The molecule has 1 aromatic heterocycles. The Bertz CT molecular complexity index is 498. The van der Waals surface area contributed by atoms with Crippen LogP contribution in [0.3, 0.4) is 0 Å². The van der Waals surface area contributed by atoms with Gasteiger partial charge in [-0.05, 0) is 34.5 Å². The van der Waals surface area contributed by atoms with Gasteiger partial charge in [0.1, 0.15) is 0 Å². The van der Waals surface area contributed by atoms with Gasteiger partial charge in [-0.15, -0.1) is 0 Å². The number of rotatable bonds is 2. The molecule has 0 saturated carbocycles. The van der Waals surface area contributed by atoms with E-state index in [-0.39, 0.29) is 17.7 Å². The van der Waals surface area contributed by atoms with Crippen molar-refractivity contribution in [2.45, 2.75) is 20.3 Å². The molecule has 0 N–H and O–H groups in total. The average molecular weight is 343 g/mol. The predicted molar refractivity (Wildman–Crippen MR) is 78.3 cm³/mol. The van der Waals surface area contributed by atoms with Gasteiger partial charge in [-0.1, -0.05) is 13.8 Å². The molecule has 2 amide bonds. The molecule has 0 atom stereocenters. The molecule has 1 aliphatic rings. The molecule has 110 valence electrons. The summed E-state index contributed by atoms with van der Waals surface area (Å²) in [5.74, 6) is 0.369. The maximum Gasteiger partial charge on any atom is 0.289 e. The second kappa shape index (κ2) is 6.43. The molecule has 2 heterocycles. The molecule has 1 aliphatic heterocycles. The summed E-state index contributed by atoms with van der Waals surface area (Å²) >= 11 is 3.19. The molecule has 1 aromatic rings. The van der Waals surface area contributed by atoms with Gasteiger partial charge in [-0.3, -0.25) is 9.59 Å². The van der Waals surface area contributed by atoms with E-state index in [0.29, 0.717) is 36.6 Å². The van der Waals surface area contributed by atoms with Crippen molar-refractivity contribution in [3.8, 4) is 0 Å². The van der Waals surface area contributed by atoms with Crippen LogP contribution in [0.2, 0.25) is 0 Å². The lowest BCUT2D eigenvalue weighted by molar-refractivity contribution is -0.134. The third-order valence-corrected chi connectivity index (χ3v) is 3.80. The Morgan fingerprint density at radius 2 is 1.80 bits per heavy atom. The Kier molecular flexibility index (Phi) is 4.86. The van der Waals surface area contributed by atoms with Crippen molar-refractivity contribution in [1.29, 1.82) is 0 Å². The molecule has 5 nitrogen and oxygen atoms in total. The van der Waals surface area contributed by atoms with Crippen LogP contribution in [0.5, 0.6) is 0 Å². The van der Waals surface area contributed by atoms with Gasteiger partial charge in [0.2, 0.25) is 5.91 Å². The lowest BCUT2D eigenvalue weighted by atomic mass is 10.2. The lowest BCUT2D eigenvalue weighted by Crippen LogP contribution is -2.38. The van der Waals surface area contributed by atoms with E-state index in [0.717, 1.165) is 6.42 Å². The first-order chi connectivity index (χ1) is 9.49. The zero-order chi connectivity index (χ0) is 14.7. The Morgan fingerprint density at radius 1 is 1.15 bits per heavy atom. The minimum atomic E-state index is -0.116. The number of amides is 2.